The predicted octanol–water partition coefficient (Wildman–Crippen LogP) is 1.05. The van der Waals surface area contributed by atoms with E-state index in [-0.39, 0.29) is 23.9 Å². The summed E-state index contributed by atoms with van der Waals surface area (Å²) in [6.07, 6.45) is 0. The van der Waals surface area contributed by atoms with Gasteiger partial charge in [0.05, 0.1) is 13.1 Å². The summed E-state index contributed by atoms with van der Waals surface area (Å²) in [7, 11) is 1.82. The molecular formula is C21H33N5O2S. The van der Waals surface area contributed by atoms with Gasteiger partial charge in [0, 0.05) is 45.3 Å². The van der Waals surface area contributed by atoms with Gasteiger partial charge in [0.25, 0.3) is 0 Å². The van der Waals surface area contributed by atoms with Gasteiger partial charge in [-0.15, -0.1) is 0 Å². The van der Waals surface area contributed by atoms with Crippen molar-refractivity contribution in [2.75, 3.05) is 46.3 Å². The van der Waals surface area contributed by atoms with Crippen LogP contribution in [-0.4, -0.2) is 83.5 Å². The Morgan fingerprint density at radius 1 is 1.10 bits per heavy atom. The van der Waals surface area contributed by atoms with Crippen molar-refractivity contribution in [3.63, 3.8) is 0 Å². The van der Waals surface area contributed by atoms with E-state index in [0.29, 0.717) is 44.4 Å². The molecule has 160 valence electrons. The van der Waals surface area contributed by atoms with Crippen molar-refractivity contribution in [1.29, 1.82) is 0 Å². The molecule has 0 bridgehead atoms. The van der Waals surface area contributed by atoms with Crippen molar-refractivity contribution in [3.05, 3.63) is 35.9 Å². The predicted molar refractivity (Wildman–Crippen MR) is 119 cm³/mol. The zero-order valence-electron chi connectivity index (χ0n) is 17.9. The third-order valence-corrected chi connectivity index (χ3v) is 5.07. The number of rotatable bonds is 6. The number of thiocarbonyl (C=S) groups is 1. The molecule has 1 aromatic carbocycles. The average Bonchev–Trinajstić information content (AvgIpc) is 2.65. The Morgan fingerprint density at radius 3 is 2.31 bits per heavy atom. The maximum absolute atomic E-state index is 12.6. The first-order chi connectivity index (χ1) is 13.6. The highest BCUT2D eigenvalue weighted by Gasteiger charge is 2.24. The number of hydrogen-bond acceptors (Lipinski definition) is 4. The van der Waals surface area contributed by atoms with Crippen LogP contribution in [0, 0.1) is 0 Å². The van der Waals surface area contributed by atoms with E-state index >= 15 is 0 Å². The molecule has 0 saturated carbocycles. The van der Waals surface area contributed by atoms with Crippen LogP contribution in [0.2, 0.25) is 0 Å². The quantitative estimate of drug-likeness (QED) is 0.672. The van der Waals surface area contributed by atoms with Gasteiger partial charge in [0.1, 0.15) is 0 Å². The Morgan fingerprint density at radius 2 is 1.72 bits per heavy atom. The topological polar surface area (TPSA) is 67.9 Å². The smallest absolute Gasteiger partial charge is 0.242 e. The summed E-state index contributed by atoms with van der Waals surface area (Å²) in [4.78, 5) is 30.4. The molecule has 8 heteroatoms. The normalized spacial score (nSPS) is 15.0. The monoisotopic (exact) mass is 419 g/mol. The van der Waals surface area contributed by atoms with Crippen molar-refractivity contribution >= 4 is 29.1 Å². The Hall–Kier alpha value is -2.19. The van der Waals surface area contributed by atoms with Crippen LogP contribution in [0.3, 0.4) is 0 Å². The van der Waals surface area contributed by atoms with Crippen LogP contribution >= 0.6 is 12.2 Å². The molecule has 2 N–H and O–H groups in total. The molecule has 7 nitrogen and oxygen atoms in total. The molecule has 0 atom stereocenters. The molecule has 1 heterocycles. The number of likely N-dealkylation sites (N-methyl/N-ethyl adjacent to an activating group) is 1. The third-order valence-electron chi connectivity index (χ3n) is 4.61. The van der Waals surface area contributed by atoms with Crippen molar-refractivity contribution in [2.45, 2.75) is 32.9 Å². The van der Waals surface area contributed by atoms with Crippen LogP contribution in [0.1, 0.15) is 26.3 Å². The Bertz CT molecular complexity index is 697. The van der Waals surface area contributed by atoms with E-state index in [1.807, 2.05) is 63.1 Å². The van der Waals surface area contributed by atoms with Gasteiger partial charge in [0.15, 0.2) is 5.11 Å². The fourth-order valence-corrected chi connectivity index (χ4v) is 3.24. The SMILES string of the molecule is CN(CC(=O)N1CCN(CC(=O)NC(C)(C)C)CC1)C(=S)NCc1ccccc1. The first-order valence-corrected chi connectivity index (χ1v) is 10.4. The Labute approximate surface area is 179 Å². The number of carbonyl (C=O) groups excluding carboxylic acids is 2. The van der Waals surface area contributed by atoms with Crippen LogP contribution in [0.5, 0.6) is 0 Å². The number of hydrogen-bond donors (Lipinski definition) is 2. The highest BCUT2D eigenvalue weighted by molar-refractivity contribution is 7.80. The molecule has 2 rings (SSSR count). The van der Waals surface area contributed by atoms with Crippen LogP contribution in [-0.2, 0) is 16.1 Å². The summed E-state index contributed by atoms with van der Waals surface area (Å²) in [6, 6.07) is 10.0. The van der Waals surface area contributed by atoms with E-state index in [1.165, 1.54) is 0 Å². The lowest BCUT2D eigenvalue weighted by molar-refractivity contribution is -0.133. The summed E-state index contributed by atoms with van der Waals surface area (Å²) < 4.78 is 0. The van der Waals surface area contributed by atoms with Gasteiger partial charge < -0.3 is 20.4 Å². The summed E-state index contributed by atoms with van der Waals surface area (Å²) in [5.41, 5.74) is 0.910. The molecule has 1 aliphatic rings. The van der Waals surface area contributed by atoms with Gasteiger partial charge in [-0.1, -0.05) is 30.3 Å². The van der Waals surface area contributed by atoms with Crippen LogP contribution in [0.25, 0.3) is 0 Å². The molecule has 0 radical (unpaired) electrons. The van der Waals surface area contributed by atoms with E-state index in [0.717, 1.165) is 5.56 Å². The van der Waals surface area contributed by atoms with Crippen LogP contribution in [0.4, 0.5) is 0 Å². The molecule has 1 fully saturated rings. The third kappa shape index (κ3) is 8.37. The molecule has 0 spiro atoms. The van der Waals surface area contributed by atoms with E-state index in [4.69, 9.17) is 12.2 Å². The standard InChI is InChI=1S/C21H33N5O2S/c1-21(2,3)23-18(27)15-25-10-12-26(13-11-25)19(28)16-24(4)20(29)22-14-17-8-6-5-7-9-17/h5-9H,10-16H2,1-4H3,(H,22,29)(H,23,27). The lowest BCUT2D eigenvalue weighted by atomic mass is 10.1. The highest BCUT2D eigenvalue weighted by Crippen LogP contribution is 2.05. The number of benzene rings is 1. The first kappa shape index (κ1) is 23.1. The van der Waals surface area contributed by atoms with Crippen molar-refractivity contribution < 1.29 is 9.59 Å². The van der Waals surface area contributed by atoms with E-state index in [2.05, 4.69) is 15.5 Å². The van der Waals surface area contributed by atoms with Gasteiger partial charge in [-0.05, 0) is 38.6 Å². The first-order valence-electron chi connectivity index (χ1n) is 9.98. The molecule has 29 heavy (non-hydrogen) atoms. The van der Waals surface area contributed by atoms with Gasteiger partial charge in [-0.2, -0.15) is 0 Å². The zero-order valence-corrected chi connectivity index (χ0v) is 18.7. The molecule has 1 aliphatic heterocycles. The molecular weight excluding hydrogens is 386 g/mol. The molecule has 2 amide bonds. The number of piperazine rings is 1. The zero-order chi connectivity index (χ0) is 21.4. The fourth-order valence-electron chi connectivity index (χ4n) is 3.10. The van der Waals surface area contributed by atoms with E-state index in [9.17, 15) is 9.59 Å². The molecule has 0 unspecified atom stereocenters. The van der Waals surface area contributed by atoms with E-state index < -0.39 is 0 Å². The van der Waals surface area contributed by atoms with Crippen molar-refractivity contribution in [2.24, 2.45) is 0 Å². The van der Waals surface area contributed by atoms with Gasteiger partial charge in [-0.3, -0.25) is 14.5 Å². The number of nitrogens with zero attached hydrogens (tertiary/aromatic N) is 3. The summed E-state index contributed by atoms with van der Waals surface area (Å²) >= 11 is 5.40. The lowest BCUT2D eigenvalue weighted by Gasteiger charge is -2.35. The molecule has 1 saturated heterocycles. The molecule has 0 aliphatic carbocycles. The minimum atomic E-state index is -0.230. The maximum Gasteiger partial charge on any atom is 0.242 e. The molecule has 1 aromatic rings. The van der Waals surface area contributed by atoms with Gasteiger partial charge in [0.2, 0.25) is 11.8 Å². The van der Waals surface area contributed by atoms with Crippen molar-refractivity contribution in [1.82, 2.24) is 25.3 Å². The minimum Gasteiger partial charge on any atom is -0.358 e. The number of amides is 2. The largest absolute Gasteiger partial charge is 0.358 e. The Kier molecular flexibility index (Phi) is 8.40. The van der Waals surface area contributed by atoms with Gasteiger partial charge >= 0.3 is 0 Å². The summed E-state index contributed by atoms with van der Waals surface area (Å²) in [6.45, 7) is 9.80. The number of nitrogens with one attached hydrogen (secondary N) is 2. The average molecular weight is 420 g/mol. The van der Waals surface area contributed by atoms with E-state index in [1.54, 1.807) is 4.90 Å². The van der Waals surface area contributed by atoms with Gasteiger partial charge in [-0.25, -0.2) is 0 Å². The fraction of sp³-hybridized carbons (Fsp3) is 0.571. The second kappa shape index (κ2) is 10.5. The second-order valence-corrected chi connectivity index (χ2v) is 8.84. The Balaban J connectivity index is 1.70. The summed E-state index contributed by atoms with van der Waals surface area (Å²) in [5.74, 6) is 0.0713. The maximum atomic E-state index is 12.6. The highest BCUT2D eigenvalue weighted by atomic mass is 32.1. The lowest BCUT2D eigenvalue weighted by Crippen LogP contribution is -2.54. The second-order valence-electron chi connectivity index (χ2n) is 8.46. The van der Waals surface area contributed by atoms with Crippen molar-refractivity contribution in [3.8, 4) is 0 Å². The summed E-state index contributed by atoms with van der Waals surface area (Å²) in [5, 5.41) is 6.72. The molecule has 0 aromatic heterocycles. The van der Waals surface area contributed by atoms with Crippen LogP contribution < -0.4 is 10.6 Å². The van der Waals surface area contributed by atoms with Crippen LogP contribution in [0.15, 0.2) is 30.3 Å². The number of carbonyl (C=O) groups is 2. The minimum absolute atomic E-state index is 0.0202.